The van der Waals surface area contributed by atoms with Gasteiger partial charge in [-0.1, -0.05) is 18.2 Å². The van der Waals surface area contributed by atoms with Gasteiger partial charge in [-0.05, 0) is 62.4 Å². The van der Waals surface area contributed by atoms with E-state index >= 15 is 0 Å². The number of nitrogens with one attached hydrogen (secondary N) is 1. The average Bonchev–Trinajstić information content (AvgIpc) is 2.54. The lowest BCUT2D eigenvalue weighted by molar-refractivity contribution is 0.397. The Bertz CT molecular complexity index is 803. The molecule has 0 unspecified atom stereocenters. The van der Waals surface area contributed by atoms with Gasteiger partial charge in [0, 0.05) is 16.8 Å². The van der Waals surface area contributed by atoms with Crippen LogP contribution in [0.5, 0.6) is 5.75 Å². The first-order chi connectivity index (χ1) is 11.1. The second-order valence-corrected chi connectivity index (χ2v) is 6.50. The van der Waals surface area contributed by atoms with Crippen molar-refractivity contribution < 1.29 is 5.11 Å². The molecule has 118 valence electrons. The number of phenols is 1. The summed E-state index contributed by atoms with van der Waals surface area (Å²) >= 11 is 1.51. The number of hydrogen-bond donors (Lipinski definition) is 2. The van der Waals surface area contributed by atoms with E-state index in [0.29, 0.717) is 0 Å². The van der Waals surface area contributed by atoms with E-state index in [4.69, 9.17) is 4.98 Å². The number of anilines is 1. The Morgan fingerprint density at radius 1 is 1.04 bits per heavy atom. The molecular formula is C18H19N3OS. The van der Waals surface area contributed by atoms with Gasteiger partial charge in [0.15, 0.2) is 0 Å². The molecule has 0 spiro atoms. The molecule has 0 fully saturated rings. The zero-order chi connectivity index (χ0) is 16.2. The van der Waals surface area contributed by atoms with Crippen LogP contribution in [0.1, 0.15) is 5.69 Å². The highest BCUT2D eigenvalue weighted by molar-refractivity contribution is 8.00. The van der Waals surface area contributed by atoms with Crippen LogP contribution < -0.4 is 4.72 Å². The average molecular weight is 325 g/mol. The predicted octanol–water partition coefficient (Wildman–Crippen LogP) is 4.12. The Morgan fingerprint density at radius 3 is 2.57 bits per heavy atom. The highest BCUT2D eigenvalue weighted by Gasteiger charge is 2.05. The van der Waals surface area contributed by atoms with Gasteiger partial charge in [-0.2, -0.15) is 0 Å². The number of benzene rings is 2. The summed E-state index contributed by atoms with van der Waals surface area (Å²) in [6.07, 6.45) is 0. The number of para-hydroxylation sites is 1. The molecule has 5 heteroatoms. The van der Waals surface area contributed by atoms with Crippen molar-refractivity contribution in [3.63, 3.8) is 0 Å². The molecule has 0 aliphatic rings. The maximum Gasteiger partial charge on any atom is 0.115 e. The quantitative estimate of drug-likeness (QED) is 0.691. The fourth-order valence-electron chi connectivity index (χ4n) is 2.31. The zero-order valence-corrected chi connectivity index (χ0v) is 14.0. The van der Waals surface area contributed by atoms with Crippen LogP contribution in [-0.2, 0) is 6.54 Å². The summed E-state index contributed by atoms with van der Waals surface area (Å²) in [4.78, 5) is 7.92. The van der Waals surface area contributed by atoms with Gasteiger partial charge >= 0.3 is 0 Å². The Balaban J connectivity index is 1.85. The number of fused-ring (bicyclic) bond motifs is 1. The number of rotatable bonds is 5. The van der Waals surface area contributed by atoms with E-state index < -0.39 is 0 Å². The van der Waals surface area contributed by atoms with Crippen LogP contribution >= 0.6 is 11.9 Å². The monoisotopic (exact) mass is 325 g/mol. The van der Waals surface area contributed by atoms with Gasteiger partial charge in [0.05, 0.1) is 16.9 Å². The lowest BCUT2D eigenvalue weighted by atomic mass is 10.2. The van der Waals surface area contributed by atoms with Crippen LogP contribution in [0.3, 0.4) is 0 Å². The minimum atomic E-state index is 0.273. The molecule has 3 rings (SSSR count). The molecule has 2 N–H and O–H groups in total. The van der Waals surface area contributed by atoms with Crippen LogP contribution in [0.15, 0.2) is 59.5 Å². The first kappa shape index (κ1) is 15.6. The number of nitrogens with zero attached hydrogens (tertiary/aromatic N) is 2. The molecule has 0 amide bonds. The largest absolute Gasteiger partial charge is 0.508 e. The molecule has 0 saturated heterocycles. The van der Waals surface area contributed by atoms with Crippen LogP contribution in [0.2, 0.25) is 0 Å². The third-order valence-corrected chi connectivity index (χ3v) is 4.20. The van der Waals surface area contributed by atoms with Crippen molar-refractivity contribution >= 4 is 28.5 Å². The molecule has 0 aliphatic heterocycles. The second kappa shape index (κ2) is 6.89. The molecule has 0 atom stereocenters. The molecule has 23 heavy (non-hydrogen) atoms. The third-order valence-electron chi connectivity index (χ3n) is 3.37. The van der Waals surface area contributed by atoms with Gasteiger partial charge in [-0.15, -0.1) is 0 Å². The molecule has 1 aromatic heterocycles. The van der Waals surface area contributed by atoms with Crippen molar-refractivity contribution in [1.82, 2.24) is 9.88 Å². The van der Waals surface area contributed by atoms with Gasteiger partial charge in [-0.25, -0.2) is 4.98 Å². The van der Waals surface area contributed by atoms with Gasteiger partial charge < -0.3 is 14.7 Å². The first-order valence-electron chi connectivity index (χ1n) is 7.37. The van der Waals surface area contributed by atoms with Crippen molar-refractivity contribution in [3.05, 3.63) is 60.3 Å². The Kier molecular flexibility index (Phi) is 4.69. The van der Waals surface area contributed by atoms with Gasteiger partial charge in [0.1, 0.15) is 5.75 Å². The topological polar surface area (TPSA) is 48.4 Å². The summed E-state index contributed by atoms with van der Waals surface area (Å²) in [5.41, 5.74) is 3.01. The fourth-order valence-corrected chi connectivity index (χ4v) is 2.97. The maximum atomic E-state index is 9.34. The molecule has 0 radical (unpaired) electrons. The van der Waals surface area contributed by atoms with Crippen LogP contribution in [0.4, 0.5) is 5.69 Å². The first-order valence-corrected chi connectivity index (χ1v) is 8.19. The van der Waals surface area contributed by atoms with Crippen LogP contribution in [0.25, 0.3) is 10.9 Å². The number of pyridine rings is 1. The lowest BCUT2D eigenvalue weighted by Gasteiger charge is -2.12. The smallest absolute Gasteiger partial charge is 0.115 e. The lowest BCUT2D eigenvalue weighted by Crippen LogP contribution is -2.11. The summed E-state index contributed by atoms with van der Waals surface area (Å²) in [6.45, 7) is 0.815. The van der Waals surface area contributed by atoms with E-state index in [1.54, 1.807) is 12.1 Å². The van der Waals surface area contributed by atoms with Crippen LogP contribution in [0, 0.1) is 0 Å². The molecular weight excluding hydrogens is 306 g/mol. The standard InChI is InChI=1S/C18H19N3OS/c1-21(2)12-14-7-6-13-4-3-5-17(18(13)19-14)20-23-16-10-8-15(22)9-11-16/h3-11,20,22H,12H2,1-2H3. The van der Waals surface area contributed by atoms with Crippen molar-refractivity contribution in [1.29, 1.82) is 0 Å². The Hall–Kier alpha value is -2.24. The normalized spacial score (nSPS) is 11.1. The summed E-state index contributed by atoms with van der Waals surface area (Å²) in [7, 11) is 4.08. The van der Waals surface area contributed by atoms with Gasteiger partial charge in [0.2, 0.25) is 0 Å². The van der Waals surface area contributed by atoms with Crippen molar-refractivity contribution in [2.24, 2.45) is 0 Å². The van der Waals surface area contributed by atoms with E-state index in [1.165, 1.54) is 11.9 Å². The second-order valence-electron chi connectivity index (χ2n) is 5.62. The molecule has 0 bridgehead atoms. The summed E-state index contributed by atoms with van der Waals surface area (Å²) in [6, 6.07) is 17.4. The maximum absolute atomic E-state index is 9.34. The van der Waals surface area contributed by atoms with Gasteiger partial charge in [-0.3, -0.25) is 0 Å². The summed E-state index contributed by atoms with van der Waals surface area (Å²) in [5.74, 6) is 0.273. The van der Waals surface area contributed by atoms with Crippen LogP contribution in [-0.4, -0.2) is 29.1 Å². The van der Waals surface area contributed by atoms with E-state index in [1.807, 2.05) is 38.4 Å². The molecule has 3 aromatic rings. The molecule has 0 aliphatic carbocycles. The number of hydrogen-bond acceptors (Lipinski definition) is 5. The molecule has 2 aromatic carbocycles. The number of aromatic nitrogens is 1. The third kappa shape index (κ3) is 3.94. The summed E-state index contributed by atoms with van der Waals surface area (Å²) in [5, 5.41) is 10.5. The van der Waals surface area contributed by atoms with Crippen molar-refractivity contribution in [2.45, 2.75) is 11.4 Å². The fraction of sp³-hybridized carbons (Fsp3) is 0.167. The molecule has 1 heterocycles. The Labute approximate surface area is 140 Å². The van der Waals surface area contributed by atoms with E-state index in [9.17, 15) is 5.11 Å². The molecule has 0 saturated carbocycles. The minimum Gasteiger partial charge on any atom is -0.508 e. The van der Waals surface area contributed by atoms with E-state index in [2.05, 4.69) is 27.8 Å². The van der Waals surface area contributed by atoms with E-state index in [0.717, 1.165) is 33.7 Å². The number of aromatic hydroxyl groups is 1. The predicted molar refractivity (Wildman–Crippen MR) is 96.7 cm³/mol. The van der Waals surface area contributed by atoms with Crippen molar-refractivity contribution in [2.75, 3.05) is 18.8 Å². The highest BCUT2D eigenvalue weighted by atomic mass is 32.2. The molecule has 4 nitrogen and oxygen atoms in total. The zero-order valence-electron chi connectivity index (χ0n) is 13.2. The minimum absolute atomic E-state index is 0.273. The summed E-state index contributed by atoms with van der Waals surface area (Å²) < 4.78 is 3.36. The van der Waals surface area contributed by atoms with Gasteiger partial charge in [0.25, 0.3) is 0 Å². The number of phenolic OH excluding ortho intramolecular Hbond substituents is 1. The van der Waals surface area contributed by atoms with Crippen molar-refractivity contribution in [3.8, 4) is 5.75 Å². The SMILES string of the molecule is CN(C)Cc1ccc2cccc(NSc3ccc(O)cc3)c2n1. The highest BCUT2D eigenvalue weighted by Crippen LogP contribution is 2.28. The Morgan fingerprint density at radius 2 is 1.83 bits per heavy atom. The van der Waals surface area contributed by atoms with E-state index in [-0.39, 0.29) is 5.75 Å².